The van der Waals surface area contributed by atoms with Crippen molar-refractivity contribution in [2.24, 2.45) is 7.05 Å². The van der Waals surface area contributed by atoms with E-state index in [-0.39, 0.29) is 10.0 Å². The van der Waals surface area contributed by atoms with Gasteiger partial charge < -0.3 is 0 Å². The predicted octanol–water partition coefficient (Wildman–Crippen LogP) is 2.74. The van der Waals surface area contributed by atoms with Crippen molar-refractivity contribution >= 4 is 27.7 Å². The summed E-state index contributed by atoms with van der Waals surface area (Å²) in [5, 5.41) is 13.2. The SMILES string of the molecule is Cn1ncnc1Sc1ccc(C#N)c(Br)c1F. The molecule has 0 spiro atoms. The van der Waals surface area contributed by atoms with Crippen molar-refractivity contribution in [3.8, 4) is 6.07 Å². The number of nitrogens with zero attached hydrogens (tertiary/aromatic N) is 4. The molecule has 0 bridgehead atoms. The third-order valence-electron chi connectivity index (χ3n) is 2.04. The van der Waals surface area contributed by atoms with Crippen LogP contribution in [0.3, 0.4) is 0 Å². The van der Waals surface area contributed by atoms with Crippen LogP contribution in [0, 0.1) is 17.1 Å². The van der Waals surface area contributed by atoms with Crippen LogP contribution in [0.2, 0.25) is 0 Å². The predicted molar refractivity (Wildman–Crippen MR) is 63.9 cm³/mol. The summed E-state index contributed by atoms with van der Waals surface area (Å²) in [5.74, 6) is -0.461. The fraction of sp³-hybridized carbons (Fsp3) is 0.100. The number of aromatic nitrogens is 3. The second kappa shape index (κ2) is 4.85. The zero-order chi connectivity index (χ0) is 12.4. The van der Waals surface area contributed by atoms with E-state index in [2.05, 4.69) is 26.0 Å². The number of nitriles is 1. The Labute approximate surface area is 110 Å². The van der Waals surface area contributed by atoms with E-state index in [0.29, 0.717) is 10.1 Å². The Bertz CT molecular complexity index is 605. The first-order chi connectivity index (χ1) is 8.13. The quantitative estimate of drug-likeness (QED) is 0.855. The first-order valence-electron chi connectivity index (χ1n) is 4.53. The average Bonchev–Trinajstić information content (AvgIpc) is 2.71. The van der Waals surface area contributed by atoms with Gasteiger partial charge in [0.25, 0.3) is 0 Å². The van der Waals surface area contributed by atoms with Crippen LogP contribution >= 0.6 is 27.7 Å². The molecule has 0 fully saturated rings. The van der Waals surface area contributed by atoms with Gasteiger partial charge in [0.2, 0.25) is 0 Å². The molecule has 0 amide bonds. The van der Waals surface area contributed by atoms with Crippen LogP contribution in [-0.2, 0) is 7.05 Å². The second-order valence-electron chi connectivity index (χ2n) is 3.12. The maximum Gasteiger partial charge on any atom is 0.190 e. The van der Waals surface area contributed by atoms with E-state index in [0.717, 1.165) is 11.8 Å². The zero-order valence-corrected chi connectivity index (χ0v) is 11.1. The summed E-state index contributed by atoms with van der Waals surface area (Å²) in [6, 6.07) is 5.02. The highest BCUT2D eigenvalue weighted by Gasteiger charge is 2.13. The summed E-state index contributed by atoms with van der Waals surface area (Å²) >= 11 is 4.22. The molecule has 0 saturated carbocycles. The summed E-state index contributed by atoms with van der Waals surface area (Å²) in [4.78, 5) is 4.39. The van der Waals surface area contributed by atoms with Crippen LogP contribution in [0.25, 0.3) is 0 Å². The maximum absolute atomic E-state index is 13.9. The molecule has 0 saturated heterocycles. The molecule has 0 unspecified atom stereocenters. The van der Waals surface area contributed by atoms with Crippen molar-refractivity contribution < 1.29 is 4.39 Å². The lowest BCUT2D eigenvalue weighted by Gasteiger charge is -2.04. The molecule has 1 aromatic heterocycles. The fourth-order valence-corrected chi connectivity index (χ4v) is 2.54. The van der Waals surface area contributed by atoms with Crippen molar-refractivity contribution in [1.29, 1.82) is 5.26 Å². The third kappa shape index (κ3) is 2.33. The zero-order valence-electron chi connectivity index (χ0n) is 8.69. The van der Waals surface area contributed by atoms with E-state index in [1.165, 1.54) is 6.33 Å². The Morgan fingerprint density at radius 2 is 2.29 bits per heavy atom. The lowest BCUT2D eigenvalue weighted by Crippen LogP contribution is -1.94. The van der Waals surface area contributed by atoms with Crippen molar-refractivity contribution in [3.05, 3.63) is 34.3 Å². The monoisotopic (exact) mass is 312 g/mol. The molecule has 0 radical (unpaired) electrons. The molecule has 1 aromatic carbocycles. The van der Waals surface area contributed by atoms with Crippen LogP contribution < -0.4 is 0 Å². The van der Waals surface area contributed by atoms with Gasteiger partial charge in [-0.05, 0) is 39.8 Å². The molecule has 0 atom stereocenters. The molecular formula is C10H6BrFN4S. The lowest BCUT2D eigenvalue weighted by atomic mass is 10.2. The number of halogens is 2. The van der Waals surface area contributed by atoms with E-state index in [1.54, 1.807) is 23.9 Å². The van der Waals surface area contributed by atoms with Gasteiger partial charge in [0.15, 0.2) is 11.0 Å². The normalized spacial score (nSPS) is 10.2. The van der Waals surface area contributed by atoms with Crippen LogP contribution in [0.15, 0.2) is 33.0 Å². The Hall–Kier alpha value is -1.39. The molecule has 1 heterocycles. The molecule has 7 heteroatoms. The second-order valence-corrected chi connectivity index (χ2v) is 4.92. The number of aryl methyl sites for hydroxylation is 1. The van der Waals surface area contributed by atoms with E-state index in [9.17, 15) is 4.39 Å². The van der Waals surface area contributed by atoms with Crippen molar-refractivity contribution in [2.75, 3.05) is 0 Å². The van der Waals surface area contributed by atoms with Gasteiger partial charge in [-0.2, -0.15) is 10.4 Å². The highest BCUT2D eigenvalue weighted by Crippen LogP contribution is 2.32. The minimum Gasteiger partial charge on any atom is -0.244 e. The van der Waals surface area contributed by atoms with Crippen molar-refractivity contribution in [1.82, 2.24) is 14.8 Å². The van der Waals surface area contributed by atoms with E-state index >= 15 is 0 Å². The summed E-state index contributed by atoms with van der Waals surface area (Å²) in [5.41, 5.74) is 0.268. The van der Waals surface area contributed by atoms with Gasteiger partial charge in [-0.15, -0.1) is 0 Å². The van der Waals surface area contributed by atoms with Crippen LogP contribution in [-0.4, -0.2) is 14.8 Å². The molecule has 0 aliphatic rings. The first kappa shape index (κ1) is 12.1. The summed E-state index contributed by atoms with van der Waals surface area (Å²) in [6.45, 7) is 0. The van der Waals surface area contributed by atoms with Crippen molar-refractivity contribution in [2.45, 2.75) is 10.1 Å². The Kier molecular flexibility index (Phi) is 3.45. The van der Waals surface area contributed by atoms with Gasteiger partial charge in [-0.1, -0.05) is 0 Å². The highest BCUT2D eigenvalue weighted by atomic mass is 79.9. The van der Waals surface area contributed by atoms with E-state index in [1.807, 2.05) is 6.07 Å². The number of benzene rings is 1. The van der Waals surface area contributed by atoms with Gasteiger partial charge in [0.05, 0.1) is 14.9 Å². The number of hydrogen-bond donors (Lipinski definition) is 0. The van der Waals surface area contributed by atoms with Gasteiger partial charge in [-0.25, -0.2) is 14.1 Å². The lowest BCUT2D eigenvalue weighted by molar-refractivity contribution is 0.593. The van der Waals surface area contributed by atoms with E-state index in [4.69, 9.17) is 5.26 Å². The largest absolute Gasteiger partial charge is 0.244 e. The minimum absolute atomic E-state index is 0.173. The third-order valence-corrected chi connectivity index (χ3v) is 3.90. The molecule has 0 aliphatic carbocycles. The molecule has 17 heavy (non-hydrogen) atoms. The topological polar surface area (TPSA) is 54.5 Å². The van der Waals surface area contributed by atoms with Gasteiger partial charge in [0, 0.05) is 7.05 Å². The number of rotatable bonds is 2. The smallest absolute Gasteiger partial charge is 0.190 e. The van der Waals surface area contributed by atoms with Gasteiger partial charge in [-0.3, -0.25) is 0 Å². The molecule has 2 aromatic rings. The molecular weight excluding hydrogens is 307 g/mol. The highest BCUT2D eigenvalue weighted by molar-refractivity contribution is 9.10. The number of hydrogen-bond acceptors (Lipinski definition) is 4. The minimum atomic E-state index is -0.461. The maximum atomic E-state index is 13.9. The summed E-state index contributed by atoms with van der Waals surface area (Å²) in [7, 11) is 1.73. The Balaban J connectivity index is 2.39. The Morgan fingerprint density at radius 1 is 1.53 bits per heavy atom. The summed E-state index contributed by atoms with van der Waals surface area (Å²) < 4.78 is 15.6. The Morgan fingerprint density at radius 3 is 2.88 bits per heavy atom. The van der Waals surface area contributed by atoms with E-state index < -0.39 is 5.82 Å². The summed E-state index contributed by atoms with van der Waals surface area (Å²) in [6.07, 6.45) is 1.40. The fourth-order valence-electron chi connectivity index (χ4n) is 1.17. The van der Waals surface area contributed by atoms with Crippen LogP contribution in [0.4, 0.5) is 4.39 Å². The molecule has 86 valence electrons. The molecule has 2 rings (SSSR count). The first-order valence-corrected chi connectivity index (χ1v) is 6.14. The standard InChI is InChI=1S/C10H6BrFN4S/c1-16-10(14-5-15-16)17-7-3-2-6(4-13)8(11)9(7)12/h2-3,5H,1H3. The molecule has 4 nitrogen and oxygen atoms in total. The average molecular weight is 313 g/mol. The van der Waals surface area contributed by atoms with Gasteiger partial charge in [0.1, 0.15) is 12.4 Å². The van der Waals surface area contributed by atoms with Crippen molar-refractivity contribution in [3.63, 3.8) is 0 Å². The molecule has 0 aliphatic heterocycles. The van der Waals surface area contributed by atoms with Gasteiger partial charge >= 0.3 is 0 Å². The molecule has 0 N–H and O–H groups in total. The van der Waals surface area contributed by atoms with Crippen LogP contribution in [0.5, 0.6) is 0 Å². The van der Waals surface area contributed by atoms with Crippen LogP contribution in [0.1, 0.15) is 5.56 Å².